The lowest BCUT2D eigenvalue weighted by Crippen LogP contribution is -2.47. The largest absolute Gasteiger partial charge is 0.435 e. The van der Waals surface area contributed by atoms with Gasteiger partial charge in [-0.1, -0.05) is 13.5 Å². The highest BCUT2D eigenvalue weighted by atomic mass is 32.2. The Balaban J connectivity index is 4.24. The third-order valence-corrected chi connectivity index (χ3v) is 4.45. The molecule has 0 heterocycles. The summed E-state index contributed by atoms with van der Waals surface area (Å²) in [6, 6.07) is 0. The number of hydrogen-bond acceptors (Lipinski definition) is 4. The maximum atomic E-state index is 11.9. The Kier molecular flexibility index (Phi) is 7.25. The molecular weight excluding hydrogens is 268 g/mol. The smallest absolute Gasteiger partial charge is 0.352 e. The van der Waals surface area contributed by atoms with Crippen molar-refractivity contribution in [1.82, 2.24) is 5.32 Å². The standard InChI is InChI=1S/C12H24N2O4S/c1-6-10-18-19(16,17)14(4,5)9-7-8-13-12(15)11(2)3/h2,6-10H2,1,3-5H3/p+1. The van der Waals surface area contributed by atoms with Crippen LogP contribution < -0.4 is 5.32 Å². The molecule has 0 spiro atoms. The highest BCUT2D eigenvalue weighted by Gasteiger charge is 2.33. The van der Waals surface area contributed by atoms with Gasteiger partial charge in [-0.2, -0.15) is 3.89 Å². The fourth-order valence-corrected chi connectivity index (χ4v) is 2.27. The van der Waals surface area contributed by atoms with E-state index in [0.29, 0.717) is 31.5 Å². The predicted molar refractivity (Wildman–Crippen MR) is 74.6 cm³/mol. The molecule has 0 saturated carbocycles. The normalized spacial score (nSPS) is 12.2. The molecule has 0 bridgehead atoms. The highest BCUT2D eigenvalue weighted by molar-refractivity contribution is 7.81. The average Bonchev–Trinajstić information content (AvgIpc) is 2.31. The van der Waals surface area contributed by atoms with Crippen molar-refractivity contribution in [3.8, 4) is 0 Å². The van der Waals surface area contributed by atoms with Crippen LogP contribution in [0.15, 0.2) is 12.2 Å². The Bertz CT molecular complexity index is 415. The molecule has 0 atom stereocenters. The molecule has 112 valence electrons. The Hall–Kier alpha value is -0.920. The lowest BCUT2D eigenvalue weighted by atomic mass is 10.3. The molecule has 0 unspecified atom stereocenters. The number of hydrogen-bond donors (Lipinski definition) is 1. The van der Waals surface area contributed by atoms with Gasteiger partial charge in [-0.15, -0.1) is 8.42 Å². The molecule has 19 heavy (non-hydrogen) atoms. The van der Waals surface area contributed by atoms with Gasteiger partial charge in [0.05, 0.1) is 27.2 Å². The number of quaternary nitrogens is 1. The first-order valence-electron chi connectivity index (χ1n) is 6.30. The van der Waals surface area contributed by atoms with Gasteiger partial charge in [0.15, 0.2) is 0 Å². The first-order valence-corrected chi connectivity index (χ1v) is 7.67. The fourth-order valence-electron chi connectivity index (χ4n) is 1.26. The molecule has 0 fully saturated rings. The summed E-state index contributed by atoms with van der Waals surface area (Å²) in [5.74, 6) is -0.213. The van der Waals surface area contributed by atoms with Gasteiger partial charge in [-0.25, -0.2) is 4.18 Å². The van der Waals surface area contributed by atoms with Crippen LogP contribution in [0.5, 0.6) is 0 Å². The quantitative estimate of drug-likeness (QED) is 0.388. The average molecular weight is 293 g/mol. The molecule has 6 nitrogen and oxygen atoms in total. The molecule has 0 aliphatic rings. The van der Waals surface area contributed by atoms with Crippen LogP contribution in [0.1, 0.15) is 26.7 Å². The Morgan fingerprint density at radius 2 is 1.95 bits per heavy atom. The lowest BCUT2D eigenvalue weighted by molar-refractivity contribution is -0.767. The third-order valence-electron chi connectivity index (χ3n) is 2.59. The van der Waals surface area contributed by atoms with Crippen molar-refractivity contribution < 1.29 is 21.3 Å². The maximum Gasteiger partial charge on any atom is 0.435 e. The number of rotatable bonds is 9. The first-order chi connectivity index (χ1) is 8.64. The first kappa shape index (κ1) is 18.1. The van der Waals surface area contributed by atoms with E-state index >= 15 is 0 Å². The van der Waals surface area contributed by atoms with Crippen LogP contribution in [-0.2, 0) is 19.3 Å². The van der Waals surface area contributed by atoms with E-state index < -0.39 is 10.3 Å². The van der Waals surface area contributed by atoms with Crippen LogP contribution in [0.2, 0.25) is 0 Å². The number of nitrogens with zero attached hydrogens (tertiary/aromatic N) is 1. The number of nitrogens with one attached hydrogen (secondary N) is 1. The van der Waals surface area contributed by atoms with E-state index in [1.54, 1.807) is 21.0 Å². The van der Waals surface area contributed by atoms with Gasteiger partial charge in [-0.3, -0.25) is 4.79 Å². The van der Waals surface area contributed by atoms with Crippen LogP contribution in [0.25, 0.3) is 0 Å². The van der Waals surface area contributed by atoms with Crippen molar-refractivity contribution in [3.63, 3.8) is 0 Å². The van der Waals surface area contributed by atoms with E-state index in [1.165, 1.54) is 0 Å². The van der Waals surface area contributed by atoms with E-state index in [-0.39, 0.29) is 16.4 Å². The second-order valence-corrected chi connectivity index (χ2v) is 7.02. The number of carbonyl (C=O) groups is 1. The second kappa shape index (κ2) is 7.62. The maximum absolute atomic E-state index is 11.9. The van der Waals surface area contributed by atoms with Crippen molar-refractivity contribution in [3.05, 3.63) is 12.2 Å². The van der Waals surface area contributed by atoms with E-state index in [4.69, 9.17) is 4.18 Å². The SMILES string of the molecule is C=C(C)C(=O)NCCC[N+](C)(C)S(=O)(=O)OCCC. The highest BCUT2D eigenvalue weighted by Crippen LogP contribution is 2.11. The second-order valence-electron chi connectivity index (χ2n) is 4.94. The van der Waals surface area contributed by atoms with Gasteiger partial charge in [-0.05, 0) is 13.3 Å². The zero-order valence-corrected chi connectivity index (χ0v) is 13.0. The summed E-state index contributed by atoms with van der Waals surface area (Å²) < 4.78 is 28.4. The molecule has 0 aliphatic carbocycles. The van der Waals surface area contributed by atoms with E-state index in [0.717, 1.165) is 0 Å². The van der Waals surface area contributed by atoms with Crippen molar-refractivity contribution in [2.45, 2.75) is 26.7 Å². The molecule has 0 radical (unpaired) electrons. The molecule has 1 N–H and O–H groups in total. The third kappa shape index (κ3) is 6.17. The summed E-state index contributed by atoms with van der Waals surface area (Å²) in [7, 11) is -0.482. The van der Waals surface area contributed by atoms with Crippen molar-refractivity contribution in [2.75, 3.05) is 33.8 Å². The van der Waals surface area contributed by atoms with Crippen molar-refractivity contribution >= 4 is 16.2 Å². The van der Waals surface area contributed by atoms with Crippen molar-refractivity contribution in [2.24, 2.45) is 0 Å². The minimum atomic E-state index is -3.63. The molecule has 7 heteroatoms. The molecule has 0 saturated heterocycles. The van der Waals surface area contributed by atoms with Gasteiger partial charge in [0.25, 0.3) is 0 Å². The zero-order valence-electron chi connectivity index (χ0n) is 12.2. The van der Waals surface area contributed by atoms with Crippen LogP contribution in [0.4, 0.5) is 0 Å². The molecule has 0 aromatic heterocycles. The molecule has 0 rings (SSSR count). The minimum absolute atomic E-state index is 0.191. The van der Waals surface area contributed by atoms with E-state index in [1.807, 2.05) is 6.92 Å². The van der Waals surface area contributed by atoms with Crippen LogP contribution >= 0.6 is 0 Å². The summed E-state index contributed by atoms with van der Waals surface area (Å²) in [5.41, 5.74) is 0.438. The summed E-state index contributed by atoms with van der Waals surface area (Å²) in [6.07, 6.45) is 1.19. The molecule has 0 aromatic rings. The zero-order chi connectivity index (χ0) is 15.1. The Labute approximate surface area is 116 Å². The lowest BCUT2D eigenvalue weighted by Gasteiger charge is -2.26. The topological polar surface area (TPSA) is 72.5 Å². The predicted octanol–water partition coefficient (Wildman–Crippen LogP) is 0.817. The fraction of sp³-hybridized carbons (Fsp3) is 0.750. The molecule has 0 aromatic carbocycles. The summed E-state index contributed by atoms with van der Waals surface area (Å²) >= 11 is 0. The van der Waals surface area contributed by atoms with Gasteiger partial charge < -0.3 is 5.32 Å². The Morgan fingerprint density at radius 3 is 2.42 bits per heavy atom. The molecule has 1 amide bonds. The number of amides is 1. The van der Waals surface area contributed by atoms with Gasteiger partial charge in [0, 0.05) is 18.5 Å². The monoisotopic (exact) mass is 293 g/mol. The van der Waals surface area contributed by atoms with Gasteiger partial charge >= 0.3 is 10.3 Å². The summed E-state index contributed by atoms with van der Waals surface area (Å²) in [4.78, 5) is 11.2. The summed E-state index contributed by atoms with van der Waals surface area (Å²) in [5, 5.41) is 2.67. The van der Waals surface area contributed by atoms with Crippen LogP contribution in [-0.4, -0.2) is 52.0 Å². The van der Waals surface area contributed by atoms with Crippen molar-refractivity contribution in [1.29, 1.82) is 0 Å². The van der Waals surface area contributed by atoms with Crippen LogP contribution in [0.3, 0.4) is 0 Å². The van der Waals surface area contributed by atoms with E-state index in [2.05, 4.69) is 11.9 Å². The minimum Gasteiger partial charge on any atom is -0.352 e. The van der Waals surface area contributed by atoms with E-state index in [9.17, 15) is 13.2 Å². The number of carbonyl (C=O) groups excluding carboxylic acids is 1. The molecule has 0 aliphatic heterocycles. The summed E-state index contributed by atoms with van der Waals surface area (Å²) in [6.45, 7) is 7.96. The Morgan fingerprint density at radius 1 is 1.37 bits per heavy atom. The van der Waals surface area contributed by atoms with Gasteiger partial charge in [0.2, 0.25) is 5.91 Å². The van der Waals surface area contributed by atoms with Gasteiger partial charge in [0.1, 0.15) is 0 Å². The van der Waals surface area contributed by atoms with Crippen LogP contribution in [0, 0.1) is 0 Å². The molecular formula is C12H25N2O4S+.